The molecule has 0 saturated carbocycles. The van der Waals surface area contributed by atoms with Crippen LogP contribution in [0.25, 0.3) is 11.3 Å². The summed E-state index contributed by atoms with van der Waals surface area (Å²) in [4.78, 5) is 5.26. The van der Waals surface area contributed by atoms with Gasteiger partial charge in [0.25, 0.3) is 0 Å². The van der Waals surface area contributed by atoms with Gasteiger partial charge in [-0.2, -0.15) is 5.10 Å². The molecule has 0 amide bonds. The second kappa shape index (κ2) is 6.38. The van der Waals surface area contributed by atoms with E-state index in [4.69, 9.17) is 16.7 Å². The highest BCUT2D eigenvalue weighted by Gasteiger charge is 2.18. The first-order chi connectivity index (χ1) is 11.8. The van der Waals surface area contributed by atoms with Gasteiger partial charge in [-0.05, 0) is 30.5 Å². The smallest absolute Gasteiger partial charge is 0.205 e. The summed E-state index contributed by atoms with van der Waals surface area (Å²) in [7, 11) is 1.80. The average Bonchev–Trinajstić information content (AvgIpc) is 3.20. The molecule has 1 aliphatic rings. The predicted molar refractivity (Wildman–Crippen MR) is 101 cm³/mol. The van der Waals surface area contributed by atoms with Crippen LogP contribution < -0.4 is 4.80 Å². The number of fused-ring (bicyclic) bond motifs is 1. The van der Waals surface area contributed by atoms with Crippen molar-refractivity contribution in [3.63, 3.8) is 0 Å². The molecule has 2 aromatic carbocycles. The molecule has 1 heterocycles. The van der Waals surface area contributed by atoms with Crippen LogP contribution in [0.1, 0.15) is 17.5 Å². The first-order valence-corrected chi connectivity index (χ1v) is 9.07. The van der Waals surface area contributed by atoms with Crippen molar-refractivity contribution in [2.45, 2.75) is 12.8 Å². The highest BCUT2D eigenvalue weighted by Crippen LogP contribution is 2.26. The third-order valence-corrected chi connectivity index (χ3v) is 5.32. The Hall–Kier alpha value is -2.17. The summed E-state index contributed by atoms with van der Waals surface area (Å²) in [6.45, 7) is 0. The maximum Gasteiger partial charge on any atom is 0.205 e. The van der Waals surface area contributed by atoms with Crippen LogP contribution in [0.3, 0.4) is 0 Å². The summed E-state index contributed by atoms with van der Waals surface area (Å²) in [6.07, 6.45) is 2.01. The van der Waals surface area contributed by atoms with Crippen LogP contribution in [0.5, 0.6) is 0 Å². The maximum absolute atomic E-state index is 6.16. The minimum absolute atomic E-state index is 0.721. The number of hydrogen-bond donors (Lipinski definition) is 0. The van der Waals surface area contributed by atoms with Crippen molar-refractivity contribution in [1.29, 1.82) is 0 Å². The molecule has 4 rings (SSSR count). The quantitative estimate of drug-likeness (QED) is 0.644. The second-order valence-corrected chi connectivity index (χ2v) is 6.93. The van der Waals surface area contributed by atoms with Gasteiger partial charge >= 0.3 is 0 Å². The largest absolute Gasteiger partial charge is 0.261 e. The molecule has 0 fully saturated rings. The summed E-state index contributed by atoms with van der Waals surface area (Å²) >= 11 is 7.75. The lowest BCUT2D eigenvalue weighted by Crippen LogP contribution is -2.14. The molecule has 1 aliphatic carbocycles. The molecular weight excluding hydrogens is 338 g/mol. The van der Waals surface area contributed by atoms with Gasteiger partial charge in [0.05, 0.1) is 11.4 Å². The van der Waals surface area contributed by atoms with Gasteiger partial charge in [-0.3, -0.25) is 4.99 Å². The van der Waals surface area contributed by atoms with Crippen LogP contribution in [0.4, 0.5) is 0 Å². The molecule has 0 radical (unpaired) electrons. The van der Waals surface area contributed by atoms with Gasteiger partial charge in [0.2, 0.25) is 4.80 Å². The van der Waals surface area contributed by atoms with Crippen molar-refractivity contribution in [2.75, 3.05) is 7.05 Å². The fourth-order valence-electron chi connectivity index (χ4n) is 3.03. The molecule has 120 valence electrons. The zero-order chi connectivity index (χ0) is 16.5. The van der Waals surface area contributed by atoms with Crippen molar-refractivity contribution < 1.29 is 0 Å². The van der Waals surface area contributed by atoms with Crippen LogP contribution in [-0.4, -0.2) is 17.4 Å². The molecule has 0 spiro atoms. The van der Waals surface area contributed by atoms with E-state index in [2.05, 4.69) is 34.6 Å². The Morgan fingerprint density at radius 3 is 2.79 bits per heavy atom. The van der Waals surface area contributed by atoms with Crippen molar-refractivity contribution in [3.8, 4) is 11.3 Å². The van der Waals surface area contributed by atoms with Crippen LogP contribution in [0.15, 0.2) is 64.0 Å². The van der Waals surface area contributed by atoms with Gasteiger partial charge in [0.1, 0.15) is 0 Å². The van der Waals surface area contributed by atoms with Crippen molar-refractivity contribution in [1.82, 2.24) is 4.68 Å². The summed E-state index contributed by atoms with van der Waals surface area (Å²) < 4.78 is 1.94. The Balaban J connectivity index is 1.88. The Kier molecular flexibility index (Phi) is 4.08. The SMILES string of the molecule is CN=c1scc(-c2cccc(Cl)c2)n1/N=C1\CCc2ccccc21. The maximum atomic E-state index is 6.16. The molecule has 0 atom stereocenters. The number of nitrogens with zero attached hydrogens (tertiary/aromatic N) is 3. The molecule has 24 heavy (non-hydrogen) atoms. The number of aryl methyl sites for hydroxylation is 1. The van der Waals surface area contributed by atoms with E-state index in [0.717, 1.165) is 39.6 Å². The topological polar surface area (TPSA) is 29.6 Å². The predicted octanol–water partition coefficient (Wildman–Crippen LogP) is 4.60. The fraction of sp³-hybridized carbons (Fsp3) is 0.158. The van der Waals surface area contributed by atoms with Gasteiger partial charge in [-0.15, -0.1) is 11.3 Å². The zero-order valence-electron chi connectivity index (χ0n) is 13.2. The third kappa shape index (κ3) is 2.72. The van der Waals surface area contributed by atoms with E-state index in [-0.39, 0.29) is 0 Å². The number of aromatic nitrogens is 1. The third-order valence-electron chi connectivity index (χ3n) is 4.18. The average molecular weight is 354 g/mol. The van der Waals surface area contributed by atoms with Gasteiger partial charge in [-0.1, -0.05) is 48.0 Å². The molecule has 0 N–H and O–H groups in total. The first-order valence-electron chi connectivity index (χ1n) is 7.81. The standard InChI is InChI=1S/C19H16ClN3S/c1-21-19-23(18(12-24-19)14-6-4-7-15(20)11-14)22-17-10-9-13-5-2-3-8-16(13)17/h2-8,11-12H,9-10H2,1H3/b21-19?,22-17+. The Labute approximate surface area is 149 Å². The minimum Gasteiger partial charge on any atom is -0.261 e. The normalized spacial score (nSPS) is 15.9. The van der Waals surface area contributed by atoms with Gasteiger partial charge < -0.3 is 0 Å². The first kappa shape index (κ1) is 15.4. The molecule has 1 aromatic heterocycles. The van der Waals surface area contributed by atoms with E-state index >= 15 is 0 Å². The molecule has 0 aliphatic heterocycles. The number of thiazole rings is 1. The summed E-state index contributed by atoms with van der Waals surface area (Å²) in [6, 6.07) is 16.3. The van der Waals surface area contributed by atoms with Crippen molar-refractivity contribution in [2.24, 2.45) is 10.1 Å². The van der Waals surface area contributed by atoms with E-state index in [1.54, 1.807) is 18.4 Å². The number of rotatable bonds is 2. The van der Waals surface area contributed by atoms with Gasteiger partial charge in [-0.25, -0.2) is 4.68 Å². The van der Waals surface area contributed by atoms with Gasteiger partial charge in [0.15, 0.2) is 0 Å². The van der Waals surface area contributed by atoms with E-state index in [1.165, 1.54) is 11.1 Å². The molecule has 0 unspecified atom stereocenters. The van der Waals surface area contributed by atoms with E-state index in [0.29, 0.717) is 0 Å². The Morgan fingerprint density at radius 1 is 1.08 bits per heavy atom. The highest BCUT2D eigenvalue weighted by atomic mass is 35.5. The fourth-order valence-corrected chi connectivity index (χ4v) is 4.01. The number of hydrogen-bond acceptors (Lipinski definition) is 3. The van der Waals surface area contributed by atoms with Crippen molar-refractivity contribution >= 4 is 28.6 Å². The van der Waals surface area contributed by atoms with E-state index in [9.17, 15) is 0 Å². The molecule has 5 heteroatoms. The summed E-state index contributed by atoms with van der Waals surface area (Å²) in [5, 5.41) is 7.75. The Morgan fingerprint density at radius 2 is 1.96 bits per heavy atom. The second-order valence-electron chi connectivity index (χ2n) is 5.65. The molecule has 3 aromatic rings. The number of benzene rings is 2. The lowest BCUT2D eigenvalue weighted by atomic mass is 10.1. The van der Waals surface area contributed by atoms with Crippen LogP contribution in [-0.2, 0) is 6.42 Å². The van der Waals surface area contributed by atoms with Gasteiger partial charge in [0, 0.05) is 28.6 Å². The molecule has 0 bridgehead atoms. The molecular formula is C19H16ClN3S. The highest BCUT2D eigenvalue weighted by molar-refractivity contribution is 7.07. The zero-order valence-corrected chi connectivity index (χ0v) is 14.8. The summed E-state index contributed by atoms with van der Waals surface area (Å²) in [5.74, 6) is 0. The van der Waals surface area contributed by atoms with Crippen LogP contribution in [0, 0.1) is 0 Å². The monoisotopic (exact) mass is 353 g/mol. The van der Waals surface area contributed by atoms with E-state index < -0.39 is 0 Å². The summed E-state index contributed by atoms with van der Waals surface area (Å²) in [5.41, 5.74) is 5.79. The van der Waals surface area contributed by atoms with Crippen molar-refractivity contribution in [3.05, 3.63) is 74.9 Å². The minimum atomic E-state index is 0.721. The number of halogens is 1. The molecule has 0 saturated heterocycles. The lowest BCUT2D eigenvalue weighted by Gasteiger charge is -2.06. The van der Waals surface area contributed by atoms with Crippen LogP contribution >= 0.6 is 22.9 Å². The lowest BCUT2D eigenvalue weighted by molar-refractivity contribution is 0.837. The Bertz CT molecular complexity index is 998. The van der Waals surface area contributed by atoms with E-state index in [1.807, 2.05) is 28.9 Å². The molecule has 3 nitrogen and oxygen atoms in total. The van der Waals surface area contributed by atoms with Crippen LogP contribution in [0.2, 0.25) is 5.02 Å².